The van der Waals surface area contributed by atoms with Gasteiger partial charge in [0.1, 0.15) is 5.75 Å². The van der Waals surface area contributed by atoms with Gasteiger partial charge in [0.05, 0.1) is 21.3 Å². The molecule has 0 aliphatic heterocycles. The molecule has 0 aromatic heterocycles. The van der Waals surface area contributed by atoms with Crippen LogP contribution in [0.3, 0.4) is 0 Å². The van der Waals surface area contributed by atoms with Crippen molar-refractivity contribution < 1.29 is 19.0 Å². The summed E-state index contributed by atoms with van der Waals surface area (Å²) >= 11 is 0. The number of aryl methyl sites for hydroxylation is 3. The summed E-state index contributed by atoms with van der Waals surface area (Å²) in [7, 11) is 4.88. The van der Waals surface area contributed by atoms with E-state index in [1.807, 2.05) is 0 Å². The number of amides is 1. The van der Waals surface area contributed by atoms with E-state index in [-0.39, 0.29) is 5.91 Å². The highest BCUT2D eigenvalue weighted by Gasteiger charge is 2.15. The summed E-state index contributed by atoms with van der Waals surface area (Å²) in [5.41, 5.74) is 4.74. The Balaban J connectivity index is 1.48. The number of benzene rings is 2. The van der Waals surface area contributed by atoms with E-state index in [1.165, 1.54) is 29.5 Å². The molecule has 5 heteroatoms. The zero-order valence-electron chi connectivity index (χ0n) is 17.0. The number of fused-ring (bicyclic) bond motifs is 1. The fraction of sp³-hybridized carbons (Fsp3) is 0.435. The standard InChI is InChI=1S/C23H29NO4/c1-26-20-11-10-19(15-22(20)28-3)23(25)24-12-5-4-7-18-13-16-8-6-9-17(16)14-21(18)27-2/h10-11,13-15H,4-9,12H2,1-3H3,(H,24,25). The van der Waals surface area contributed by atoms with Gasteiger partial charge in [0, 0.05) is 12.1 Å². The number of methoxy groups -OCH3 is 3. The van der Waals surface area contributed by atoms with E-state index in [9.17, 15) is 4.79 Å². The molecule has 3 rings (SSSR count). The van der Waals surface area contributed by atoms with Crippen LogP contribution in [0, 0.1) is 0 Å². The Bertz CT molecular complexity index is 832. The number of carbonyl (C=O) groups excluding carboxylic acids is 1. The Hall–Kier alpha value is -2.69. The predicted octanol–water partition coefficient (Wildman–Crippen LogP) is 3.95. The van der Waals surface area contributed by atoms with E-state index in [2.05, 4.69) is 17.4 Å². The fourth-order valence-electron chi connectivity index (χ4n) is 3.76. The van der Waals surface area contributed by atoms with E-state index in [0.717, 1.165) is 31.4 Å². The normalized spacial score (nSPS) is 12.4. The maximum atomic E-state index is 12.3. The Morgan fingerprint density at radius 3 is 2.32 bits per heavy atom. The number of carbonyl (C=O) groups is 1. The molecule has 1 aliphatic carbocycles. The minimum absolute atomic E-state index is 0.101. The summed E-state index contributed by atoms with van der Waals surface area (Å²) < 4.78 is 16.0. The first-order chi connectivity index (χ1) is 13.7. The van der Waals surface area contributed by atoms with Crippen LogP contribution in [-0.4, -0.2) is 33.8 Å². The summed E-state index contributed by atoms with van der Waals surface area (Å²) in [6, 6.07) is 9.70. The minimum atomic E-state index is -0.101. The Labute approximate surface area is 167 Å². The third-order valence-corrected chi connectivity index (χ3v) is 5.30. The van der Waals surface area contributed by atoms with Gasteiger partial charge < -0.3 is 19.5 Å². The van der Waals surface area contributed by atoms with Gasteiger partial charge in [-0.15, -0.1) is 0 Å². The quantitative estimate of drug-likeness (QED) is 0.666. The second-order valence-corrected chi connectivity index (χ2v) is 7.07. The monoisotopic (exact) mass is 383 g/mol. The average molecular weight is 383 g/mol. The zero-order valence-corrected chi connectivity index (χ0v) is 17.0. The zero-order chi connectivity index (χ0) is 19.9. The lowest BCUT2D eigenvalue weighted by Gasteiger charge is -2.12. The highest BCUT2D eigenvalue weighted by molar-refractivity contribution is 5.94. The first kappa shape index (κ1) is 20.1. The van der Waals surface area contributed by atoms with Crippen molar-refractivity contribution in [3.63, 3.8) is 0 Å². The number of rotatable bonds is 9. The fourth-order valence-corrected chi connectivity index (χ4v) is 3.76. The summed E-state index contributed by atoms with van der Waals surface area (Å²) in [6.07, 6.45) is 6.45. The average Bonchev–Trinajstić information content (AvgIpc) is 3.19. The lowest BCUT2D eigenvalue weighted by Crippen LogP contribution is -2.24. The van der Waals surface area contributed by atoms with Crippen molar-refractivity contribution in [3.05, 3.63) is 52.6 Å². The molecule has 28 heavy (non-hydrogen) atoms. The van der Waals surface area contributed by atoms with Crippen LogP contribution >= 0.6 is 0 Å². The SMILES string of the molecule is COc1cc2c(cc1CCCCNC(=O)c1ccc(OC)c(OC)c1)CCC2. The predicted molar refractivity (Wildman–Crippen MR) is 110 cm³/mol. The van der Waals surface area contributed by atoms with E-state index in [1.54, 1.807) is 39.5 Å². The third kappa shape index (κ3) is 4.58. The first-order valence-electron chi connectivity index (χ1n) is 9.85. The Morgan fingerprint density at radius 2 is 1.61 bits per heavy atom. The molecule has 1 amide bonds. The summed E-state index contributed by atoms with van der Waals surface area (Å²) in [4.78, 5) is 12.3. The van der Waals surface area contributed by atoms with Gasteiger partial charge in [0.15, 0.2) is 11.5 Å². The minimum Gasteiger partial charge on any atom is -0.496 e. The summed E-state index contributed by atoms with van der Waals surface area (Å²) in [5, 5.41) is 2.98. The molecule has 0 heterocycles. The van der Waals surface area contributed by atoms with Crippen LogP contribution in [0.15, 0.2) is 30.3 Å². The Morgan fingerprint density at radius 1 is 0.893 bits per heavy atom. The maximum absolute atomic E-state index is 12.3. The number of ether oxygens (including phenoxy) is 3. The molecule has 2 aromatic rings. The molecule has 5 nitrogen and oxygen atoms in total. The van der Waals surface area contributed by atoms with Gasteiger partial charge in [0.2, 0.25) is 0 Å². The second-order valence-electron chi connectivity index (χ2n) is 7.07. The Kier molecular flexibility index (Phi) is 6.80. The van der Waals surface area contributed by atoms with Gasteiger partial charge in [-0.3, -0.25) is 4.79 Å². The van der Waals surface area contributed by atoms with Crippen LogP contribution in [0.4, 0.5) is 0 Å². The smallest absolute Gasteiger partial charge is 0.251 e. The van der Waals surface area contributed by atoms with E-state index < -0.39 is 0 Å². The molecule has 1 N–H and O–H groups in total. The van der Waals surface area contributed by atoms with Crippen LogP contribution < -0.4 is 19.5 Å². The highest BCUT2D eigenvalue weighted by Crippen LogP contribution is 2.31. The maximum Gasteiger partial charge on any atom is 0.251 e. The van der Waals surface area contributed by atoms with Crippen molar-refractivity contribution in [2.75, 3.05) is 27.9 Å². The molecule has 2 aromatic carbocycles. The largest absolute Gasteiger partial charge is 0.496 e. The molecule has 1 aliphatic rings. The lowest BCUT2D eigenvalue weighted by molar-refractivity contribution is 0.0952. The molecule has 0 radical (unpaired) electrons. The lowest BCUT2D eigenvalue weighted by atomic mass is 10.0. The van der Waals surface area contributed by atoms with Gasteiger partial charge in [0.25, 0.3) is 5.91 Å². The molecule has 0 unspecified atom stereocenters. The van der Waals surface area contributed by atoms with Gasteiger partial charge in [-0.1, -0.05) is 6.07 Å². The van der Waals surface area contributed by atoms with Gasteiger partial charge in [-0.25, -0.2) is 0 Å². The van der Waals surface area contributed by atoms with Crippen LogP contribution in [0.1, 0.15) is 46.3 Å². The number of hydrogen-bond donors (Lipinski definition) is 1. The van der Waals surface area contributed by atoms with Crippen LogP contribution in [0.5, 0.6) is 17.2 Å². The second kappa shape index (κ2) is 9.49. The summed E-state index contributed by atoms with van der Waals surface area (Å²) in [6.45, 7) is 0.639. The van der Waals surface area contributed by atoms with E-state index >= 15 is 0 Å². The number of hydrogen-bond acceptors (Lipinski definition) is 4. The van der Waals surface area contributed by atoms with Crippen molar-refractivity contribution in [2.24, 2.45) is 0 Å². The van der Waals surface area contributed by atoms with E-state index in [4.69, 9.17) is 14.2 Å². The molecule has 0 bridgehead atoms. The van der Waals surface area contributed by atoms with Crippen molar-refractivity contribution in [1.82, 2.24) is 5.32 Å². The van der Waals surface area contributed by atoms with Crippen LogP contribution in [0.25, 0.3) is 0 Å². The van der Waals surface area contributed by atoms with Crippen molar-refractivity contribution >= 4 is 5.91 Å². The van der Waals surface area contributed by atoms with E-state index in [0.29, 0.717) is 23.6 Å². The molecule has 0 atom stereocenters. The van der Waals surface area contributed by atoms with Gasteiger partial charge >= 0.3 is 0 Å². The topological polar surface area (TPSA) is 56.8 Å². The van der Waals surface area contributed by atoms with Gasteiger partial charge in [-0.2, -0.15) is 0 Å². The van der Waals surface area contributed by atoms with Crippen molar-refractivity contribution in [1.29, 1.82) is 0 Å². The number of unbranched alkanes of at least 4 members (excludes halogenated alkanes) is 1. The number of nitrogens with one attached hydrogen (secondary N) is 1. The summed E-state index contributed by atoms with van der Waals surface area (Å²) in [5.74, 6) is 2.06. The molecular weight excluding hydrogens is 354 g/mol. The molecule has 0 fully saturated rings. The molecule has 0 spiro atoms. The third-order valence-electron chi connectivity index (χ3n) is 5.30. The van der Waals surface area contributed by atoms with Crippen molar-refractivity contribution in [2.45, 2.75) is 38.5 Å². The van der Waals surface area contributed by atoms with Crippen LogP contribution in [-0.2, 0) is 19.3 Å². The molecule has 150 valence electrons. The molecule has 0 saturated carbocycles. The first-order valence-corrected chi connectivity index (χ1v) is 9.85. The van der Waals surface area contributed by atoms with Crippen LogP contribution in [0.2, 0.25) is 0 Å². The van der Waals surface area contributed by atoms with Gasteiger partial charge in [-0.05, 0) is 79.5 Å². The highest BCUT2D eigenvalue weighted by atomic mass is 16.5. The molecular formula is C23H29NO4. The molecule has 0 saturated heterocycles. The van der Waals surface area contributed by atoms with Crippen molar-refractivity contribution in [3.8, 4) is 17.2 Å².